The molecule has 0 aliphatic carbocycles. The molecule has 2 atom stereocenters. The van der Waals surface area contributed by atoms with Gasteiger partial charge in [0.05, 0.1) is 13.3 Å². The van der Waals surface area contributed by atoms with Crippen LogP contribution in [0.5, 0.6) is 5.75 Å². The van der Waals surface area contributed by atoms with Crippen LogP contribution in [0.4, 0.5) is 0 Å². The molecule has 0 spiro atoms. The third kappa shape index (κ3) is 4.31. The molecule has 1 amide bonds. The van der Waals surface area contributed by atoms with Gasteiger partial charge in [-0.15, -0.1) is 11.8 Å². The minimum absolute atomic E-state index is 0.0843. The summed E-state index contributed by atoms with van der Waals surface area (Å²) < 4.78 is 16.1. The number of thioether (sulfide) groups is 2. The van der Waals surface area contributed by atoms with Gasteiger partial charge >= 0.3 is 5.97 Å². The molecule has 0 bridgehead atoms. The number of carbonyl (C=O) groups is 2. The first-order valence-corrected chi connectivity index (χ1v) is 12.3. The molecule has 0 unspecified atom stereocenters. The van der Waals surface area contributed by atoms with Crippen molar-refractivity contribution >= 4 is 35.4 Å². The summed E-state index contributed by atoms with van der Waals surface area (Å²) in [4.78, 5) is 33.0. The van der Waals surface area contributed by atoms with Crippen molar-refractivity contribution in [3.63, 3.8) is 0 Å². The standard InChI is InChI=1S/C24H21N3O5S2/c1-30-16-6-2-14(3-7-16)12-32-24(29)20-18(13-33-23-19(25)22(28)27(20)23)34-17-8-4-15(5-9-17)21-26-10-11-31-21/h2-11,19,23H,12-13,25H2,1H3/t19-,23-/m1/s1. The number of methoxy groups -OCH3 is 1. The Morgan fingerprint density at radius 2 is 2.00 bits per heavy atom. The number of nitrogens with zero attached hydrogens (tertiary/aromatic N) is 2. The van der Waals surface area contributed by atoms with Crippen LogP contribution in [0, 0.1) is 0 Å². The van der Waals surface area contributed by atoms with Gasteiger partial charge in [-0.25, -0.2) is 9.78 Å². The molecule has 3 aromatic rings. The van der Waals surface area contributed by atoms with Crippen LogP contribution < -0.4 is 10.5 Å². The van der Waals surface area contributed by atoms with Crippen molar-refractivity contribution in [3.8, 4) is 17.2 Å². The molecule has 174 valence electrons. The van der Waals surface area contributed by atoms with Crippen LogP contribution >= 0.6 is 23.5 Å². The van der Waals surface area contributed by atoms with E-state index in [9.17, 15) is 9.59 Å². The van der Waals surface area contributed by atoms with Crippen molar-refractivity contribution in [2.45, 2.75) is 22.9 Å². The maximum Gasteiger partial charge on any atom is 0.356 e. The van der Waals surface area contributed by atoms with Gasteiger partial charge in [0.15, 0.2) is 0 Å². The molecular weight excluding hydrogens is 474 g/mol. The second-order valence-corrected chi connectivity index (χ2v) is 9.87. The monoisotopic (exact) mass is 495 g/mol. The lowest BCUT2D eigenvalue weighted by Gasteiger charge is -2.48. The van der Waals surface area contributed by atoms with Gasteiger partial charge in [0.1, 0.15) is 35.7 Å². The zero-order valence-electron chi connectivity index (χ0n) is 18.2. The third-order valence-corrected chi connectivity index (χ3v) is 8.05. The molecule has 2 aliphatic heterocycles. The van der Waals surface area contributed by atoms with Crippen molar-refractivity contribution in [2.24, 2.45) is 5.73 Å². The maximum absolute atomic E-state index is 13.2. The fraction of sp³-hybridized carbons (Fsp3) is 0.208. The van der Waals surface area contributed by atoms with E-state index in [4.69, 9.17) is 19.6 Å². The number of hydrogen-bond donors (Lipinski definition) is 1. The van der Waals surface area contributed by atoms with Crippen molar-refractivity contribution in [3.05, 3.63) is 77.2 Å². The van der Waals surface area contributed by atoms with E-state index in [0.29, 0.717) is 11.6 Å². The molecule has 10 heteroatoms. The molecule has 2 aliphatic rings. The van der Waals surface area contributed by atoms with E-state index in [1.165, 1.54) is 22.9 Å². The van der Waals surface area contributed by atoms with Gasteiger partial charge in [-0.3, -0.25) is 9.69 Å². The van der Waals surface area contributed by atoms with Crippen LogP contribution in [0.1, 0.15) is 5.56 Å². The highest BCUT2D eigenvalue weighted by Crippen LogP contribution is 2.45. The van der Waals surface area contributed by atoms with Crippen LogP contribution in [0.15, 0.2) is 80.9 Å². The molecule has 2 N–H and O–H groups in total. The van der Waals surface area contributed by atoms with Crippen molar-refractivity contribution in [2.75, 3.05) is 12.9 Å². The van der Waals surface area contributed by atoms with Crippen LogP contribution in [0.3, 0.4) is 0 Å². The van der Waals surface area contributed by atoms with Crippen molar-refractivity contribution in [1.29, 1.82) is 0 Å². The molecule has 5 rings (SSSR count). The molecule has 0 radical (unpaired) electrons. The third-order valence-electron chi connectivity index (χ3n) is 5.47. The summed E-state index contributed by atoms with van der Waals surface area (Å²) in [5.41, 5.74) is 7.91. The number of ether oxygens (including phenoxy) is 2. The highest BCUT2D eigenvalue weighted by molar-refractivity contribution is 8.06. The Labute approximate surface area is 204 Å². The van der Waals surface area contributed by atoms with Crippen LogP contribution in [-0.4, -0.2) is 46.0 Å². The number of benzene rings is 2. The van der Waals surface area contributed by atoms with E-state index in [1.807, 2.05) is 36.4 Å². The number of rotatable bonds is 7. The number of aromatic nitrogens is 1. The fourth-order valence-corrected chi connectivity index (χ4v) is 6.08. The summed E-state index contributed by atoms with van der Waals surface area (Å²) in [6.45, 7) is 0.0843. The van der Waals surface area contributed by atoms with Gasteiger partial charge in [-0.05, 0) is 42.0 Å². The Morgan fingerprint density at radius 1 is 1.24 bits per heavy atom. The van der Waals surface area contributed by atoms with Crippen LogP contribution in [0.25, 0.3) is 11.5 Å². The predicted molar refractivity (Wildman–Crippen MR) is 129 cm³/mol. The molecule has 2 aromatic carbocycles. The topological polar surface area (TPSA) is 108 Å². The smallest absolute Gasteiger partial charge is 0.356 e. The van der Waals surface area contributed by atoms with E-state index in [-0.39, 0.29) is 23.6 Å². The van der Waals surface area contributed by atoms with E-state index < -0.39 is 12.0 Å². The quantitative estimate of drug-likeness (QED) is 0.388. The number of nitrogens with two attached hydrogens (primary N) is 1. The Hall–Kier alpha value is -3.21. The Kier molecular flexibility index (Phi) is 6.36. The highest BCUT2D eigenvalue weighted by atomic mass is 32.2. The van der Waals surface area contributed by atoms with E-state index in [1.54, 1.807) is 37.2 Å². The Morgan fingerprint density at radius 3 is 2.68 bits per heavy atom. The van der Waals surface area contributed by atoms with Crippen molar-refractivity contribution in [1.82, 2.24) is 9.88 Å². The molecule has 1 fully saturated rings. The summed E-state index contributed by atoms with van der Waals surface area (Å²) in [7, 11) is 1.59. The van der Waals surface area contributed by atoms with Gasteiger partial charge in [-0.2, -0.15) is 0 Å². The minimum Gasteiger partial charge on any atom is -0.497 e. The van der Waals surface area contributed by atoms with Crippen molar-refractivity contribution < 1.29 is 23.5 Å². The SMILES string of the molecule is COc1ccc(COC(=O)C2=C(Sc3ccc(-c4ncco4)cc3)CS[C@@H]3[C@H](N)C(=O)N23)cc1. The number of esters is 1. The van der Waals surface area contributed by atoms with Gasteiger partial charge < -0.3 is 19.6 Å². The first-order chi connectivity index (χ1) is 16.5. The van der Waals surface area contributed by atoms with E-state index in [2.05, 4.69) is 4.98 Å². The first-order valence-electron chi connectivity index (χ1n) is 10.5. The lowest BCUT2D eigenvalue weighted by molar-refractivity contribution is -0.151. The van der Waals surface area contributed by atoms with Crippen LogP contribution in [0.2, 0.25) is 0 Å². The normalized spacial score (nSPS) is 19.5. The average Bonchev–Trinajstić information content (AvgIpc) is 3.42. The number of hydrogen-bond acceptors (Lipinski definition) is 9. The number of oxazole rings is 1. The summed E-state index contributed by atoms with van der Waals surface area (Å²) in [6, 6.07) is 14.3. The molecule has 1 aromatic heterocycles. The zero-order valence-corrected chi connectivity index (χ0v) is 19.8. The van der Waals surface area contributed by atoms with E-state index in [0.717, 1.165) is 26.7 Å². The predicted octanol–water partition coefficient (Wildman–Crippen LogP) is 3.64. The Bertz CT molecular complexity index is 1230. The maximum atomic E-state index is 13.2. The van der Waals surface area contributed by atoms with Gasteiger partial charge in [-0.1, -0.05) is 23.9 Å². The molecule has 8 nitrogen and oxygen atoms in total. The lowest BCUT2D eigenvalue weighted by Crippen LogP contribution is -2.68. The summed E-state index contributed by atoms with van der Waals surface area (Å²) in [5.74, 6) is 1.000. The minimum atomic E-state index is -0.610. The molecule has 1 saturated heterocycles. The number of amides is 1. The summed E-state index contributed by atoms with van der Waals surface area (Å²) in [5, 5.41) is -0.257. The fourth-order valence-electron chi connectivity index (χ4n) is 3.67. The Balaban J connectivity index is 1.37. The molecular formula is C24H21N3O5S2. The highest BCUT2D eigenvalue weighted by Gasteiger charge is 2.52. The lowest BCUT2D eigenvalue weighted by atomic mass is 10.1. The number of fused-ring (bicyclic) bond motifs is 1. The zero-order chi connectivity index (χ0) is 23.7. The van der Waals surface area contributed by atoms with Gasteiger partial charge in [0.2, 0.25) is 11.8 Å². The second-order valence-electron chi connectivity index (χ2n) is 7.60. The number of carbonyl (C=O) groups excluding carboxylic acids is 2. The van der Waals surface area contributed by atoms with Gasteiger partial charge in [0.25, 0.3) is 0 Å². The molecule has 3 heterocycles. The van der Waals surface area contributed by atoms with Gasteiger partial charge in [0, 0.05) is 21.1 Å². The summed E-state index contributed by atoms with van der Waals surface area (Å²) in [6.07, 6.45) is 3.12. The molecule has 34 heavy (non-hydrogen) atoms. The average molecular weight is 496 g/mol. The molecule has 0 saturated carbocycles. The van der Waals surface area contributed by atoms with E-state index >= 15 is 0 Å². The second kappa shape index (κ2) is 9.57. The summed E-state index contributed by atoms with van der Waals surface area (Å²) >= 11 is 2.98. The first kappa shape index (κ1) is 22.6. The largest absolute Gasteiger partial charge is 0.497 e. The number of β-lactam (4-membered cyclic amide) rings is 1. The van der Waals surface area contributed by atoms with Crippen LogP contribution in [-0.2, 0) is 20.9 Å².